The molecule has 1 aliphatic rings. The monoisotopic (exact) mass is 281 g/mol. The molecule has 1 heterocycles. The Balaban J connectivity index is 2.05. The smallest absolute Gasteiger partial charge is 0.122 e. The van der Waals surface area contributed by atoms with Crippen LogP contribution in [0.2, 0.25) is 0 Å². The minimum atomic E-state index is 0.568. The summed E-state index contributed by atoms with van der Waals surface area (Å²) in [6, 6.07) is 9.02. The number of nitrogens with zero attached hydrogens (tertiary/aromatic N) is 1. The van der Waals surface area contributed by atoms with Crippen molar-refractivity contribution < 1.29 is 4.74 Å². The van der Waals surface area contributed by atoms with E-state index in [2.05, 4.69) is 43.0 Å². The van der Waals surface area contributed by atoms with Crippen molar-refractivity contribution in [1.82, 2.24) is 4.90 Å². The molecule has 0 radical (unpaired) electrons. The van der Waals surface area contributed by atoms with Crippen molar-refractivity contribution in [3.8, 4) is 5.75 Å². The van der Waals surface area contributed by atoms with Crippen molar-refractivity contribution in [3.05, 3.63) is 29.8 Å². The molecule has 0 amide bonds. The van der Waals surface area contributed by atoms with Crippen LogP contribution < -0.4 is 4.74 Å². The van der Waals surface area contributed by atoms with Gasteiger partial charge in [-0.2, -0.15) is 0 Å². The lowest BCUT2D eigenvalue weighted by molar-refractivity contribution is 0.181. The first-order valence-electron chi connectivity index (χ1n) is 7.24. The molecular weight excluding hydrogens is 258 g/mol. The van der Waals surface area contributed by atoms with Crippen molar-refractivity contribution in [2.45, 2.75) is 38.6 Å². The zero-order chi connectivity index (χ0) is 13.7. The maximum Gasteiger partial charge on any atom is 0.122 e. The third-order valence-electron chi connectivity index (χ3n) is 3.85. The number of rotatable bonds is 6. The highest BCUT2D eigenvalue weighted by atomic mass is 35.5. The van der Waals surface area contributed by atoms with E-state index < -0.39 is 0 Å². The molecule has 1 atom stereocenters. The second kappa shape index (κ2) is 7.16. The van der Waals surface area contributed by atoms with Crippen LogP contribution in [-0.2, 0) is 0 Å². The van der Waals surface area contributed by atoms with Gasteiger partial charge < -0.3 is 9.64 Å². The van der Waals surface area contributed by atoms with Gasteiger partial charge in [0.15, 0.2) is 0 Å². The highest BCUT2D eigenvalue weighted by Crippen LogP contribution is 2.34. The molecule has 0 spiro atoms. The van der Waals surface area contributed by atoms with Crippen LogP contribution in [-0.4, -0.2) is 36.5 Å². The first-order chi connectivity index (χ1) is 9.22. The molecule has 3 heteroatoms. The quantitative estimate of drug-likeness (QED) is 0.734. The number of alkyl halides is 1. The number of para-hydroxylation sites is 1. The molecule has 2 rings (SSSR count). The zero-order valence-electron chi connectivity index (χ0n) is 11.9. The van der Waals surface area contributed by atoms with Crippen LogP contribution in [0.4, 0.5) is 0 Å². The first-order valence-corrected chi connectivity index (χ1v) is 7.77. The summed E-state index contributed by atoms with van der Waals surface area (Å²) < 4.78 is 5.74. The summed E-state index contributed by atoms with van der Waals surface area (Å²) in [5, 5.41) is 0. The predicted molar refractivity (Wildman–Crippen MR) is 81.3 cm³/mol. The summed E-state index contributed by atoms with van der Waals surface area (Å²) in [4.78, 5) is 2.54. The number of ether oxygens (including phenoxy) is 1. The van der Waals surface area contributed by atoms with E-state index in [4.69, 9.17) is 16.3 Å². The van der Waals surface area contributed by atoms with E-state index in [1.54, 1.807) is 0 Å². The van der Waals surface area contributed by atoms with Crippen molar-refractivity contribution in [1.29, 1.82) is 0 Å². The van der Waals surface area contributed by atoms with Gasteiger partial charge in [-0.05, 0) is 44.9 Å². The van der Waals surface area contributed by atoms with Gasteiger partial charge in [0.2, 0.25) is 0 Å². The van der Waals surface area contributed by atoms with Crippen LogP contribution in [0.25, 0.3) is 0 Å². The fourth-order valence-corrected chi connectivity index (χ4v) is 2.83. The van der Waals surface area contributed by atoms with Gasteiger partial charge in [0.25, 0.3) is 0 Å². The highest BCUT2D eigenvalue weighted by Gasteiger charge is 2.24. The van der Waals surface area contributed by atoms with Crippen LogP contribution in [0.5, 0.6) is 5.75 Å². The molecule has 1 aliphatic heterocycles. The normalized spacial score (nSPS) is 18.5. The average Bonchev–Trinajstić information content (AvgIpc) is 2.43. The SMILES string of the molecule is CC(C)N(CCCCl)CC1CCOc2ccccc21. The van der Waals surface area contributed by atoms with Gasteiger partial charge in [0.1, 0.15) is 5.75 Å². The molecular formula is C16H24ClNO. The Kier molecular flexibility index (Phi) is 5.53. The Morgan fingerprint density at radius 2 is 2.16 bits per heavy atom. The minimum Gasteiger partial charge on any atom is -0.493 e. The fourth-order valence-electron chi connectivity index (χ4n) is 2.71. The summed E-state index contributed by atoms with van der Waals surface area (Å²) in [6.45, 7) is 7.55. The van der Waals surface area contributed by atoms with Crippen molar-refractivity contribution in [2.24, 2.45) is 0 Å². The van der Waals surface area contributed by atoms with Gasteiger partial charge in [-0.25, -0.2) is 0 Å². The Morgan fingerprint density at radius 1 is 1.37 bits per heavy atom. The third kappa shape index (κ3) is 3.87. The van der Waals surface area contributed by atoms with E-state index in [1.807, 2.05) is 0 Å². The fraction of sp³-hybridized carbons (Fsp3) is 0.625. The lowest BCUT2D eigenvalue weighted by Gasteiger charge is -2.33. The van der Waals surface area contributed by atoms with E-state index in [-0.39, 0.29) is 0 Å². The van der Waals surface area contributed by atoms with Crippen LogP contribution in [0, 0.1) is 0 Å². The summed E-state index contributed by atoms with van der Waals surface area (Å²) in [7, 11) is 0. The average molecular weight is 282 g/mol. The maximum absolute atomic E-state index is 5.83. The molecule has 0 saturated carbocycles. The molecule has 0 bridgehead atoms. The van der Waals surface area contributed by atoms with E-state index >= 15 is 0 Å². The van der Waals surface area contributed by atoms with Gasteiger partial charge in [0, 0.05) is 24.4 Å². The van der Waals surface area contributed by atoms with E-state index in [9.17, 15) is 0 Å². The van der Waals surface area contributed by atoms with Gasteiger partial charge in [-0.15, -0.1) is 11.6 Å². The molecule has 0 fully saturated rings. The molecule has 0 aromatic heterocycles. The van der Waals surface area contributed by atoms with Crippen LogP contribution in [0.15, 0.2) is 24.3 Å². The summed E-state index contributed by atoms with van der Waals surface area (Å²) >= 11 is 5.83. The third-order valence-corrected chi connectivity index (χ3v) is 4.11. The standard InChI is InChI=1S/C16H24ClNO/c1-13(2)18(10-5-9-17)12-14-8-11-19-16-7-4-3-6-15(14)16/h3-4,6-7,13-14H,5,8-12H2,1-2H3. The Bertz CT molecular complexity index is 394. The lowest BCUT2D eigenvalue weighted by Crippen LogP contribution is -2.37. The Hall–Kier alpha value is -0.730. The van der Waals surface area contributed by atoms with Crippen molar-refractivity contribution in [3.63, 3.8) is 0 Å². The van der Waals surface area contributed by atoms with E-state index in [0.29, 0.717) is 12.0 Å². The summed E-state index contributed by atoms with van der Waals surface area (Å²) in [6.07, 6.45) is 2.17. The van der Waals surface area contributed by atoms with Crippen LogP contribution in [0.3, 0.4) is 0 Å². The number of halogens is 1. The van der Waals surface area contributed by atoms with Crippen LogP contribution >= 0.6 is 11.6 Å². The van der Waals surface area contributed by atoms with Crippen molar-refractivity contribution in [2.75, 3.05) is 25.6 Å². The number of fused-ring (bicyclic) bond motifs is 1. The van der Waals surface area contributed by atoms with Crippen molar-refractivity contribution >= 4 is 11.6 Å². The minimum absolute atomic E-state index is 0.568. The molecule has 2 nitrogen and oxygen atoms in total. The second-order valence-electron chi connectivity index (χ2n) is 5.50. The topological polar surface area (TPSA) is 12.5 Å². The van der Waals surface area contributed by atoms with Crippen LogP contribution in [0.1, 0.15) is 38.2 Å². The molecule has 1 unspecified atom stereocenters. The molecule has 19 heavy (non-hydrogen) atoms. The lowest BCUT2D eigenvalue weighted by atomic mass is 9.92. The van der Waals surface area contributed by atoms with Gasteiger partial charge in [0.05, 0.1) is 6.61 Å². The van der Waals surface area contributed by atoms with E-state index in [0.717, 1.165) is 44.2 Å². The predicted octanol–water partition coefficient (Wildman–Crippen LogP) is 3.89. The highest BCUT2D eigenvalue weighted by molar-refractivity contribution is 6.17. The number of hydrogen-bond acceptors (Lipinski definition) is 2. The number of hydrogen-bond donors (Lipinski definition) is 0. The largest absolute Gasteiger partial charge is 0.493 e. The molecule has 1 aromatic rings. The molecule has 0 N–H and O–H groups in total. The maximum atomic E-state index is 5.83. The van der Waals surface area contributed by atoms with Gasteiger partial charge in [-0.1, -0.05) is 18.2 Å². The van der Waals surface area contributed by atoms with Gasteiger partial charge >= 0.3 is 0 Å². The summed E-state index contributed by atoms with van der Waals surface area (Å²) in [5.41, 5.74) is 1.37. The molecule has 0 aliphatic carbocycles. The Labute approximate surface area is 121 Å². The summed E-state index contributed by atoms with van der Waals surface area (Å²) in [5.74, 6) is 2.40. The first kappa shape index (κ1) is 14.7. The molecule has 106 valence electrons. The molecule has 1 aromatic carbocycles. The Morgan fingerprint density at radius 3 is 2.89 bits per heavy atom. The second-order valence-corrected chi connectivity index (χ2v) is 5.88. The zero-order valence-corrected chi connectivity index (χ0v) is 12.7. The van der Waals surface area contributed by atoms with E-state index in [1.165, 1.54) is 5.56 Å². The van der Waals surface area contributed by atoms with Gasteiger partial charge in [-0.3, -0.25) is 0 Å². The molecule has 0 saturated heterocycles. The number of benzene rings is 1.